The van der Waals surface area contributed by atoms with Crippen LogP contribution < -0.4 is 16.4 Å². The van der Waals surface area contributed by atoms with Gasteiger partial charge in [-0.1, -0.05) is 23.7 Å². The average Bonchev–Trinajstić information content (AvgIpc) is 2.68. The van der Waals surface area contributed by atoms with Gasteiger partial charge in [-0.3, -0.25) is 9.59 Å². The molecule has 3 rings (SSSR count). The zero-order valence-corrected chi connectivity index (χ0v) is 17.9. The second kappa shape index (κ2) is 10.1. The highest BCUT2D eigenvalue weighted by atomic mass is 35.5. The molecule has 0 unspecified atom stereocenters. The SMILES string of the molecule is CC(=O)Nc1cc(C(=O)NC2CCC(CN)(c3cccc(Cl)c3)CC2)ccn1.Cl. The summed E-state index contributed by atoms with van der Waals surface area (Å²) in [5.74, 6) is -0.0228. The van der Waals surface area contributed by atoms with E-state index in [-0.39, 0.29) is 35.7 Å². The number of pyridine rings is 1. The minimum absolute atomic E-state index is 0. The molecule has 6 nitrogen and oxygen atoms in total. The standard InChI is InChI=1S/C21H25ClN4O2.ClH/c1-14(27)25-19-11-15(7-10-24-19)20(28)26-18-5-8-21(13-23,9-6-18)16-3-2-4-17(22)12-16;/h2-4,7,10-12,18H,5-6,8-9,13,23H2,1H3,(H,26,28)(H,24,25,27);1H. The highest BCUT2D eigenvalue weighted by Crippen LogP contribution is 2.39. The Bertz CT molecular complexity index is 867. The van der Waals surface area contributed by atoms with Gasteiger partial charge in [0, 0.05) is 41.7 Å². The Balaban J connectivity index is 0.00000300. The maximum absolute atomic E-state index is 12.6. The Hall–Kier alpha value is -2.15. The van der Waals surface area contributed by atoms with Gasteiger partial charge < -0.3 is 16.4 Å². The van der Waals surface area contributed by atoms with Crippen molar-refractivity contribution in [1.82, 2.24) is 10.3 Å². The van der Waals surface area contributed by atoms with Crippen LogP contribution in [0.15, 0.2) is 42.6 Å². The fourth-order valence-corrected chi connectivity index (χ4v) is 4.02. The zero-order valence-electron chi connectivity index (χ0n) is 16.3. The molecule has 1 aliphatic carbocycles. The van der Waals surface area contributed by atoms with E-state index in [1.54, 1.807) is 12.1 Å². The van der Waals surface area contributed by atoms with E-state index in [9.17, 15) is 9.59 Å². The van der Waals surface area contributed by atoms with E-state index in [1.165, 1.54) is 18.7 Å². The number of halogens is 2. The Morgan fingerprint density at radius 1 is 1.24 bits per heavy atom. The van der Waals surface area contributed by atoms with Crippen molar-refractivity contribution in [3.63, 3.8) is 0 Å². The summed E-state index contributed by atoms with van der Waals surface area (Å²) in [6.07, 6.45) is 4.99. The highest BCUT2D eigenvalue weighted by Gasteiger charge is 2.36. The number of anilines is 1. The van der Waals surface area contributed by atoms with E-state index in [2.05, 4.69) is 21.7 Å². The third kappa shape index (κ3) is 5.69. The number of hydrogen-bond donors (Lipinski definition) is 3. The molecule has 1 saturated carbocycles. The lowest BCUT2D eigenvalue weighted by atomic mass is 9.68. The van der Waals surface area contributed by atoms with Crippen LogP contribution in [0.1, 0.15) is 48.5 Å². The molecule has 1 heterocycles. The summed E-state index contributed by atoms with van der Waals surface area (Å²) in [5.41, 5.74) is 7.69. The number of nitrogens with one attached hydrogen (secondary N) is 2. The molecule has 1 aromatic heterocycles. The summed E-state index contributed by atoms with van der Waals surface area (Å²) in [4.78, 5) is 27.8. The van der Waals surface area contributed by atoms with Crippen LogP contribution in [0.3, 0.4) is 0 Å². The molecule has 156 valence electrons. The maximum Gasteiger partial charge on any atom is 0.251 e. The van der Waals surface area contributed by atoms with Crippen molar-refractivity contribution >= 4 is 41.6 Å². The third-order valence-electron chi connectivity index (χ3n) is 5.43. The number of carbonyl (C=O) groups excluding carboxylic acids is 2. The van der Waals surface area contributed by atoms with Crippen molar-refractivity contribution in [3.8, 4) is 0 Å². The lowest BCUT2D eigenvalue weighted by Gasteiger charge is -2.40. The number of nitrogens with zero attached hydrogens (tertiary/aromatic N) is 1. The smallest absolute Gasteiger partial charge is 0.251 e. The predicted octanol–water partition coefficient (Wildman–Crippen LogP) is 3.68. The molecule has 0 saturated heterocycles. The first-order chi connectivity index (χ1) is 13.4. The van der Waals surface area contributed by atoms with Crippen molar-refractivity contribution in [2.75, 3.05) is 11.9 Å². The minimum atomic E-state index is -0.225. The van der Waals surface area contributed by atoms with Crippen molar-refractivity contribution < 1.29 is 9.59 Å². The summed E-state index contributed by atoms with van der Waals surface area (Å²) in [7, 11) is 0. The topological polar surface area (TPSA) is 97.1 Å². The molecule has 1 fully saturated rings. The molecular formula is C21H26Cl2N4O2. The van der Waals surface area contributed by atoms with E-state index in [0.717, 1.165) is 25.7 Å². The van der Waals surface area contributed by atoms with Gasteiger partial charge in [-0.05, 0) is 55.5 Å². The Kier molecular flexibility index (Phi) is 8.02. The number of carbonyl (C=O) groups is 2. The van der Waals surface area contributed by atoms with Gasteiger partial charge >= 0.3 is 0 Å². The van der Waals surface area contributed by atoms with Gasteiger partial charge in [-0.15, -0.1) is 12.4 Å². The van der Waals surface area contributed by atoms with Gasteiger partial charge in [-0.25, -0.2) is 4.98 Å². The zero-order chi connectivity index (χ0) is 20.1. The molecule has 0 aliphatic heterocycles. The van der Waals surface area contributed by atoms with Crippen molar-refractivity contribution in [2.24, 2.45) is 5.73 Å². The molecule has 29 heavy (non-hydrogen) atoms. The molecule has 1 aromatic carbocycles. The second-order valence-electron chi connectivity index (χ2n) is 7.35. The summed E-state index contributed by atoms with van der Waals surface area (Å²) in [6.45, 7) is 1.96. The van der Waals surface area contributed by atoms with Crippen LogP contribution in [-0.4, -0.2) is 29.4 Å². The van der Waals surface area contributed by atoms with Gasteiger partial charge in [0.15, 0.2) is 0 Å². The van der Waals surface area contributed by atoms with Crippen LogP contribution in [0.25, 0.3) is 0 Å². The van der Waals surface area contributed by atoms with E-state index in [1.807, 2.05) is 18.2 Å². The first-order valence-corrected chi connectivity index (χ1v) is 9.80. The molecule has 0 atom stereocenters. The van der Waals surface area contributed by atoms with Crippen molar-refractivity contribution in [2.45, 2.75) is 44.1 Å². The van der Waals surface area contributed by atoms with Crippen molar-refractivity contribution in [1.29, 1.82) is 0 Å². The largest absolute Gasteiger partial charge is 0.349 e. The number of hydrogen-bond acceptors (Lipinski definition) is 4. The van der Waals surface area contributed by atoms with Crippen LogP contribution in [0, 0.1) is 0 Å². The summed E-state index contributed by atoms with van der Waals surface area (Å²) in [5, 5.41) is 6.40. The normalized spacial score (nSPS) is 21.0. The summed E-state index contributed by atoms with van der Waals surface area (Å²) >= 11 is 6.16. The Morgan fingerprint density at radius 3 is 2.59 bits per heavy atom. The van der Waals surface area contributed by atoms with Crippen LogP contribution >= 0.6 is 24.0 Å². The fourth-order valence-electron chi connectivity index (χ4n) is 3.83. The highest BCUT2D eigenvalue weighted by molar-refractivity contribution is 6.30. The third-order valence-corrected chi connectivity index (χ3v) is 5.67. The van der Waals surface area contributed by atoms with E-state index in [0.29, 0.717) is 22.9 Å². The van der Waals surface area contributed by atoms with Crippen LogP contribution in [0.4, 0.5) is 5.82 Å². The van der Waals surface area contributed by atoms with Crippen LogP contribution in [0.5, 0.6) is 0 Å². The monoisotopic (exact) mass is 436 g/mol. The average molecular weight is 437 g/mol. The van der Waals surface area contributed by atoms with Crippen LogP contribution in [0.2, 0.25) is 5.02 Å². The van der Waals surface area contributed by atoms with E-state index >= 15 is 0 Å². The number of benzene rings is 1. The lowest BCUT2D eigenvalue weighted by Crippen LogP contribution is -2.45. The molecule has 1 aliphatic rings. The van der Waals surface area contributed by atoms with Gasteiger partial charge in [0.2, 0.25) is 5.91 Å². The second-order valence-corrected chi connectivity index (χ2v) is 7.79. The molecule has 0 radical (unpaired) electrons. The molecule has 8 heteroatoms. The molecule has 4 N–H and O–H groups in total. The first kappa shape index (κ1) is 23.1. The first-order valence-electron chi connectivity index (χ1n) is 9.42. The van der Waals surface area contributed by atoms with E-state index in [4.69, 9.17) is 17.3 Å². The maximum atomic E-state index is 12.6. The minimum Gasteiger partial charge on any atom is -0.349 e. The number of nitrogens with two attached hydrogens (primary N) is 1. The molecule has 0 spiro atoms. The fraction of sp³-hybridized carbons (Fsp3) is 0.381. The summed E-state index contributed by atoms with van der Waals surface area (Å²) < 4.78 is 0. The summed E-state index contributed by atoms with van der Waals surface area (Å²) in [6, 6.07) is 11.2. The number of rotatable bonds is 5. The predicted molar refractivity (Wildman–Crippen MR) is 118 cm³/mol. The Morgan fingerprint density at radius 2 is 1.97 bits per heavy atom. The number of amides is 2. The molecule has 2 amide bonds. The Labute approximate surface area is 182 Å². The van der Waals surface area contributed by atoms with Gasteiger partial charge in [-0.2, -0.15) is 0 Å². The number of aromatic nitrogens is 1. The van der Waals surface area contributed by atoms with Gasteiger partial charge in [0.05, 0.1) is 0 Å². The molecule has 2 aromatic rings. The molecule has 0 bridgehead atoms. The van der Waals surface area contributed by atoms with Gasteiger partial charge in [0.1, 0.15) is 5.82 Å². The van der Waals surface area contributed by atoms with Gasteiger partial charge in [0.25, 0.3) is 5.91 Å². The molecular weight excluding hydrogens is 411 g/mol. The van der Waals surface area contributed by atoms with Crippen molar-refractivity contribution in [3.05, 3.63) is 58.7 Å². The lowest BCUT2D eigenvalue weighted by molar-refractivity contribution is -0.114. The van der Waals surface area contributed by atoms with E-state index < -0.39 is 0 Å². The van der Waals surface area contributed by atoms with Crippen LogP contribution in [-0.2, 0) is 10.2 Å². The quantitative estimate of drug-likeness (QED) is 0.665.